The monoisotopic (exact) mass is 263 g/mol. The van der Waals surface area contributed by atoms with Crippen LogP contribution in [-0.2, 0) is 14.3 Å². The van der Waals surface area contributed by atoms with Crippen molar-refractivity contribution in [2.75, 3.05) is 20.3 Å². The van der Waals surface area contributed by atoms with Crippen LogP contribution in [0.4, 0.5) is 0 Å². The van der Waals surface area contributed by atoms with Crippen LogP contribution in [0.25, 0.3) is 0 Å². The minimum absolute atomic E-state index is 0.292. The number of methoxy groups -OCH3 is 1. The first kappa shape index (κ1) is 14.0. The molecule has 2 N–H and O–H groups in total. The standard InChI is InChI=1S/C15H21NO3/c1-10(2)11-4-6-12(7-5-11)13(16)15(8-19-9-15)14(17)18-3/h4-7,10,13H,8-9,16H2,1-3H3. The second-order valence-corrected chi connectivity index (χ2v) is 5.44. The van der Waals surface area contributed by atoms with Crippen LogP contribution < -0.4 is 5.73 Å². The molecule has 0 aliphatic carbocycles. The summed E-state index contributed by atoms with van der Waals surface area (Å²) in [7, 11) is 1.39. The second-order valence-electron chi connectivity index (χ2n) is 5.44. The van der Waals surface area contributed by atoms with Crippen molar-refractivity contribution in [2.45, 2.75) is 25.8 Å². The van der Waals surface area contributed by atoms with E-state index in [1.165, 1.54) is 12.7 Å². The predicted molar refractivity (Wildman–Crippen MR) is 72.7 cm³/mol. The minimum atomic E-state index is -0.728. The van der Waals surface area contributed by atoms with Gasteiger partial charge in [-0.05, 0) is 17.0 Å². The van der Waals surface area contributed by atoms with E-state index >= 15 is 0 Å². The molecule has 104 valence electrons. The van der Waals surface area contributed by atoms with Crippen LogP contribution in [0.3, 0.4) is 0 Å². The van der Waals surface area contributed by atoms with Crippen LogP contribution >= 0.6 is 0 Å². The average molecular weight is 263 g/mol. The molecule has 2 rings (SSSR count). The Balaban J connectivity index is 2.23. The summed E-state index contributed by atoms with van der Waals surface area (Å²) in [6, 6.07) is 7.70. The molecule has 0 radical (unpaired) electrons. The van der Waals surface area contributed by atoms with E-state index in [-0.39, 0.29) is 5.97 Å². The van der Waals surface area contributed by atoms with Crippen LogP contribution in [0.15, 0.2) is 24.3 Å². The van der Waals surface area contributed by atoms with E-state index in [2.05, 4.69) is 26.0 Å². The smallest absolute Gasteiger partial charge is 0.318 e. The minimum Gasteiger partial charge on any atom is -0.468 e. The Morgan fingerprint density at radius 3 is 2.16 bits per heavy atom. The summed E-state index contributed by atoms with van der Waals surface area (Å²) in [5.41, 5.74) is 7.73. The summed E-state index contributed by atoms with van der Waals surface area (Å²) >= 11 is 0. The molecular weight excluding hydrogens is 242 g/mol. The molecular formula is C15H21NO3. The van der Waals surface area contributed by atoms with Gasteiger partial charge in [-0.15, -0.1) is 0 Å². The van der Waals surface area contributed by atoms with Crippen LogP contribution in [0.2, 0.25) is 0 Å². The lowest BCUT2D eigenvalue weighted by Gasteiger charge is -2.42. The van der Waals surface area contributed by atoms with Gasteiger partial charge < -0.3 is 15.2 Å². The maximum atomic E-state index is 11.9. The fraction of sp³-hybridized carbons (Fsp3) is 0.533. The molecule has 0 amide bonds. The number of carbonyl (C=O) groups is 1. The normalized spacial score (nSPS) is 18.8. The molecule has 1 unspecified atom stereocenters. The van der Waals surface area contributed by atoms with Crippen LogP contribution in [0.5, 0.6) is 0 Å². The van der Waals surface area contributed by atoms with Crippen LogP contribution in [-0.4, -0.2) is 26.3 Å². The van der Waals surface area contributed by atoms with Crippen molar-refractivity contribution in [3.8, 4) is 0 Å². The van der Waals surface area contributed by atoms with Gasteiger partial charge in [0, 0.05) is 0 Å². The molecule has 1 heterocycles. The lowest BCUT2D eigenvalue weighted by atomic mass is 9.75. The molecule has 19 heavy (non-hydrogen) atoms. The fourth-order valence-electron chi connectivity index (χ4n) is 2.36. The molecule has 0 aromatic heterocycles. The van der Waals surface area contributed by atoms with Gasteiger partial charge in [-0.3, -0.25) is 4.79 Å². The molecule has 1 aliphatic rings. The molecule has 1 aromatic rings. The number of ether oxygens (including phenoxy) is 2. The number of benzene rings is 1. The summed E-state index contributed by atoms with van der Waals surface area (Å²) in [6.45, 7) is 4.94. The maximum Gasteiger partial charge on any atom is 0.318 e. The molecule has 0 saturated carbocycles. The van der Waals surface area contributed by atoms with Crippen molar-refractivity contribution in [1.82, 2.24) is 0 Å². The highest BCUT2D eigenvalue weighted by atomic mass is 16.5. The van der Waals surface area contributed by atoms with Crippen molar-refractivity contribution in [3.63, 3.8) is 0 Å². The summed E-state index contributed by atoms with van der Waals surface area (Å²) in [6.07, 6.45) is 0. The zero-order valence-corrected chi connectivity index (χ0v) is 11.7. The number of rotatable bonds is 4. The molecule has 1 aromatic carbocycles. The maximum absolute atomic E-state index is 11.9. The highest BCUT2D eigenvalue weighted by molar-refractivity contribution is 5.79. The zero-order valence-electron chi connectivity index (χ0n) is 11.7. The first-order chi connectivity index (χ1) is 9.01. The van der Waals surface area contributed by atoms with Gasteiger partial charge in [-0.1, -0.05) is 38.1 Å². The van der Waals surface area contributed by atoms with Crippen molar-refractivity contribution < 1.29 is 14.3 Å². The molecule has 4 heteroatoms. The summed E-state index contributed by atoms with van der Waals surface area (Å²) in [4.78, 5) is 11.9. The van der Waals surface area contributed by atoms with Gasteiger partial charge >= 0.3 is 5.97 Å². The Kier molecular flexibility index (Phi) is 3.92. The van der Waals surface area contributed by atoms with Gasteiger partial charge in [0.05, 0.1) is 26.4 Å². The van der Waals surface area contributed by atoms with E-state index in [4.69, 9.17) is 15.2 Å². The lowest BCUT2D eigenvalue weighted by Crippen LogP contribution is -2.56. The third kappa shape index (κ3) is 2.38. The quantitative estimate of drug-likeness (QED) is 0.844. The first-order valence-electron chi connectivity index (χ1n) is 6.53. The van der Waals surface area contributed by atoms with E-state index in [1.54, 1.807) is 0 Å². The molecule has 4 nitrogen and oxygen atoms in total. The predicted octanol–water partition coefficient (Wildman–Crippen LogP) is 2.00. The third-order valence-electron chi connectivity index (χ3n) is 3.87. The van der Waals surface area contributed by atoms with E-state index in [1.807, 2.05) is 12.1 Å². The van der Waals surface area contributed by atoms with Crippen molar-refractivity contribution in [2.24, 2.45) is 11.1 Å². The molecule has 0 bridgehead atoms. The molecule has 1 saturated heterocycles. The average Bonchev–Trinajstić information content (AvgIpc) is 2.37. The number of hydrogen-bond donors (Lipinski definition) is 1. The summed E-state index contributed by atoms with van der Waals surface area (Å²) in [5, 5.41) is 0. The number of hydrogen-bond acceptors (Lipinski definition) is 4. The largest absolute Gasteiger partial charge is 0.468 e. The highest BCUT2D eigenvalue weighted by Crippen LogP contribution is 2.40. The van der Waals surface area contributed by atoms with Gasteiger partial charge in [0.2, 0.25) is 0 Å². The topological polar surface area (TPSA) is 61.5 Å². The molecule has 1 atom stereocenters. The SMILES string of the molecule is COC(=O)C1(C(N)c2ccc(C(C)C)cc2)COC1. The fourth-order valence-corrected chi connectivity index (χ4v) is 2.36. The van der Waals surface area contributed by atoms with Gasteiger partial charge in [-0.2, -0.15) is 0 Å². The van der Waals surface area contributed by atoms with Crippen molar-refractivity contribution in [3.05, 3.63) is 35.4 Å². The summed E-state index contributed by atoms with van der Waals surface area (Å²) < 4.78 is 10.0. The first-order valence-corrected chi connectivity index (χ1v) is 6.53. The Bertz CT molecular complexity index is 449. The number of carbonyl (C=O) groups excluding carboxylic acids is 1. The van der Waals surface area contributed by atoms with Gasteiger partial charge in [-0.25, -0.2) is 0 Å². The second kappa shape index (κ2) is 5.31. The summed E-state index contributed by atoms with van der Waals surface area (Å²) in [5.74, 6) is 0.186. The Labute approximate surface area is 113 Å². The Morgan fingerprint density at radius 1 is 1.26 bits per heavy atom. The zero-order chi connectivity index (χ0) is 14.0. The third-order valence-corrected chi connectivity index (χ3v) is 3.87. The lowest BCUT2D eigenvalue weighted by molar-refractivity contribution is -0.188. The Morgan fingerprint density at radius 2 is 1.79 bits per heavy atom. The van der Waals surface area contributed by atoms with E-state index in [9.17, 15) is 4.79 Å². The highest BCUT2D eigenvalue weighted by Gasteiger charge is 2.52. The molecule has 1 fully saturated rings. The van der Waals surface area contributed by atoms with Gasteiger partial charge in [0.1, 0.15) is 5.41 Å². The molecule has 1 aliphatic heterocycles. The van der Waals surface area contributed by atoms with Crippen molar-refractivity contribution >= 4 is 5.97 Å². The van der Waals surface area contributed by atoms with Crippen molar-refractivity contribution in [1.29, 1.82) is 0 Å². The van der Waals surface area contributed by atoms with Crippen LogP contribution in [0, 0.1) is 5.41 Å². The van der Waals surface area contributed by atoms with E-state index in [0.717, 1.165) is 5.56 Å². The van der Waals surface area contributed by atoms with Crippen LogP contribution in [0.1, 0.15) is 36.9 Å². The van der Waals surface area contributed by atoms with Gasteiger partial charge in [0.25, 0.3) is 0 Å². The Hall–Kier alpha value is -1.39. The van der Waals surface area contributed by atoms with Gasteiger partial charge in [0.15, 0.2) is 0 Å². The number of nitrogens with two attached hydrogens (primary N) is 1. The van der Waals surface area contributed by atoms with E-state index < -0.39 is 11.5 Å². The molecule has 0 spiro atoms. The van der Waals surface area contributed by atoms with E-state index in [0.29, 0.717) is 19.1 Å². The number of esters is 1.